The largest absolute Gasteiger partial charge is 0.462 e. The second kappa shape index (κ2) is 23.3. The van der Waals surface area contributed by atoms with Gasteiger partial charge in [0.15, 0.2) is 0 Å². The van der Waals surface area contributed by atoms with E-state index in [0.717, 1.165) is 75.7 Å². The second-order valence-corrected chi connectivity index (χ2v) is 34.4. The number of benzene rings is 7. The zero-order chi connectivity index (χ0) is 68.7. The van der Waals surface area contributed by atoms with Gasteiger partial charge < -0.3 is 19.3 Å². The lowest BCUT2D eigenvalue weighted by Crippen LogP contribution is -2.45. The third kappa shape index (κ3) is 11.9. The van der Waals surface area contributed by atoms with Crippen molar-refractivity contribution in [2.24, 2.45) is 5.41 Å². The summed E-state index contributed by atoms with van der Waals surface area (Å²) < 4.78 is 13.4. The van der Waals surface area contributed by atoms with E-state index in [4.69, 9.17) is 9.47 Å². The Morgan fingerprint density at radius 2 is 1.03 bits per heavy atom. The number of nitriles is 4. The summed E-state index contributed by atoms with van der Waals surface area (Å²) in [4.78, 5) is 5.33. The van der Waals surface area contributed by atoms with E-state index in [9.17, 15) is 21.0 Å². The molecule has 7 aromatic rings. The fourth-order valence-electron chi connectivity index (χ4n) is 16.7. The van der Waals surface area contributed by atoms with Crippen LogP contribution in [0.4, 0.5) is 11.4 Å². The number of allylic oxidation sites excluding steroid dienone is 12. The van der Waals surface area contributed by atoms with Crippen molar-refractivity contribution in [1.82, 2.24) is 0 Å². The van der Waals surface area contributed by atoms with E-state index in [1.807, 2.05) is 18.2 Å². The molecule has 0 aromatic heterocycles. The van der Waals surface area contributed by atoms with E-state index >= 15 is 0 Å². The van der Waals surface area contributed by atoms with Crippen LogP contribution in [0.1, 0.15) is 217 Å². The predicted molar refractivity (Wildman–Crippen MR) is 400 cm³/mol. The Hall–Kier alpha value is -9.08. The molecule has 8 heteroatoms. The molecule has 7 aromatic carbocycles. The first-order chi connectivity index (χ1) is 45.9. The van der Waals surface area contributed by atoms with Crippen molar-refractivity contribution in [3.05, 3.63) is 210 Å². The monoisotopic (exact) mass is 1280 g/mol. The zero-order valence-corrected chi connectivity index (χ0v) is 60.0. The quantitative estimate of drug-likeness (QED) is 0.0674. The highest BCUT2D eigenvalue weighted by atomic mass is 16.5. The molecule has 97 heavy (non-hydrogen) atoms. The van der Waals surface area contributed by atoms with Gasteiger partial charge in [-0.2, -0.15) is 21.0 Å². The Balaban J connectivity index is 0.713. The number of aryl methyl sites for hydroxylation is 2. The summed E-state index contributed by atoms with van der Waals surface area (Å²) in [5.41, 5.74) is 16.7. The fraction of sp³-hybridized carbons (Fsp3) is 0.416. The Labute approximate surface area is 576 Å². The van der Waals surface area contributed by atoms with Crippen LogP contribution in [-0.4, -0.2) is 25.7 Å². The van der Waals surface area contributed by atoms with Gasteiger partial charge in [-0.3, -0.25) is 0 Å². The van der Waals surface area contributed by atoms with E-state index in [1.54, 1.807) is 18.2 Å². The molecule has 6 heterocycles. The molecule has 6 aliphatic heterocycles. The number of anilines is 2. The molecule has 0 bridgehead atoms. The normalized spacial score (nSPS) is 19.5. The van der Waals surface area contributed by atoms with Crippen LogP contribution in [-0.2, 0) is 54.8 Å². The molecule has 1 saturated carbocycles. The lowest BCUT2D eigenvalue weighted by atomic mass is 9.69. The van der Waals surface area contributed by atoms with E-state index < -0.39 is 5.41 Å². The first kappa shape index (κ1) is 65.2. The molecule has 0 radical (unpaired) electrons. The van der Waals surface area contributed by atoms with Crippen LogP contribution >= 0.6 is 0 Å². The van der Waals surface area contributed by atoms with Crippen LogP contribution in [0, 0.1) is 50.7 Å². The van der Waals surface area contributed by atoms with Gasteiger partial charge in [-0.05, 0) is 280 Å². The van der Waals surface area contributed by atoms with Crippen LogP contribution in [0.5, 0.6) is 0 Å². The zero-order valence-electron chi connectivity index (χ0n) is 60.0. The number of hydrogen-bond acceptors (Lipinski definition) is 8. The average Bonchev–Trinajstić information content (AvgIpc) is 1.40. The lowest BCUT2D eigenvalue weighted by Gasteiger charge is -2.48. The minimum absolute atomic E-state index is 0.00928. The average molecular weight is 1280 g/mol. The summed E-state index contributed by atoms with van der Waals surface area (Å²) in [5.74, 6) is 2.32. The summed E-state index contributed by atoms with van der Waals surface area (Å²) in [6.07, 6.45) is 26.2. The highest BCUT2D eigenvalue weighted by molar-refractivity contribution is 6.33. The highest BCUT2D eigenvalue weighted by Crippen LogP contribution is 2.54. The maximum atomic E-state index is 10.2. The summed E-state index contributed by atoms with van der Waals surface area (Å²) in [5, 5.41) is 51.8. The Bertz CT molecular complexity index is 4880. The minimum Gasteiger partial charge on any atom is -0.462 e. The minimum atomic E-state index is -0.612. The van der Waals surface area contributed by atoms with Crippen LogP contribution in [0.15, 0.2) is 155 Å². The SMILES string of the molecule is CC(C)(CCC1=CC(=C(C#N)C#N)C=C(/C=C/c2cc3c4c(c2)CCC(CC(C)(C)c2cc5cc(C(C)(C)C)cc6c7cc(C(C)(C)C)cc8cc(C9(C)CC9)cc(c(c2)c56)c87)N4CCC3)O1)C1=CC(=C(C#N)C#N)C=C(/C=C/c2cc3c4c(c2)C(C)(C)CCN4CCC3(C)C)O1. The second-order valence-electron chi connectivity index (χ2n) is 34.4. The number of rotatable bonds is 12. The topological polar surface area (TPSA) is 120 Å². The number of fused-ring (bicyclic) bond motifs is 2. The molecule has 0 N–H and O–H groups in total. The van der Waals surface area contributed by atoms with Gasteiger partial charge >= 0.3 is 0 Å². The van der Waals surface area contributed by atoms with Crippen molar-refractivity contribution in [3.63, 3.8) is 0 Å². The summed E-state index contributed by atoms with van der Waals surface area (Å²) in [6, 6.07) is 38.6. The van der Waals surface area contributed by atoms with Gasteiger partial charge in [0.05, 0.1) is 0 Å². The van der Waals surface area contributed by atoms with Gasteiger partial charge in [-0.15, -0.1) is 0 Å². The van der Waals surface area contributed by atoms with Gasteiger partial charge in [0.25, 0.3) is 0 Å². The van der Waals surface area contributed by atoms with Crippen molar-refractivity contribution < 1.29 is 9.47 Å². The number of nitrogens with zero attached hydrogens (tertiary/aromatic N) is 6. The van der Waals surface area contributed by atoms with Gasteiger partial charge in [0.2, 0.25) is 0 Å². The maximum Gasteiger partial charge on any atom is 0.137 e. The molecular weight excluding hydrogens is 1190 g/mol. The summed E-state index contributed by atoms with van der Waals surface area (Å²) in [7, 11) is 0. The molecule has 8 nitrogen and oxygen atoms in total. The van der Waals surface area contributed by atoms with Gasteiger partial charge in [0.1, 0.15) is 58.5 Å². The molecule has 0 spiro atoms. The van der Waals surface area contributed by atoms with Crippen molar-refractivity contribution in [2.45, 2.75) is 213 Å². The first-order valence-electron chi connectivity index (χ1n) is 35.7. The van der Waals surface area contributed by atoms with Crippen molar-refractivity contribution in [3.8, 4) is 24.3 Å². The molecule has 0 saturated heterocycles. The number of hydrogen-bond donors (Lipinski definition) is 0. The smallest absolute Gasteiger partial charge is 0.137 e. The van der Waals surface area contributed by atoms with Crippen LogP contribution in [0.25, 0.3) is 55.2 Å². The number of ether oxygens (including phenoxy) is 2. The van der Waals surface area contributed by atoms with E-state index in [0.29, 0.717) is 53.1 Å². The van der Waals surface area contributed by atoms with Crippen LogP contribution in [0.2, 0.25) is 0 Å². The Kier molecular flexibility index (Phi) is 15.7. The molecule has 14 rings (SSSR count). The third-order valence-electron chi connectivity index (χ3n) is 23.4. The van der Waals surface area contributed by atoms with E-state index in [-0.39, 0.29) is 43.6 Å². The molecule has 0 amide bonds. The highest BCUT2D eigenvalue weighted by Gasteiger charge is 2.43. The van der Waals surface area contributed by atoms with Crippen molar-refractivity contribution in [2.75, 3.05) is 29.4 Å². The van der Waals surface area contributed by atoms with Crippen LogP contribution in [0.3, 0.4) is 0 Å². The van der Waals surface area contributed by atoms with Crippen molar-refractivity contribution >= 4 is 66.6 Å². The molecule has 1 unspecified atom stereocenters. The van der Waals surface area contributed by atoms with Crippen LogP contribution < -0.4 is 9.80 Å². The molecule has 492 valence electrons. The molecule has 1 atom stereocenters. The molecule has 1 aliphatic carbocycles. The Morgan fingerprint density at radius 3 is 1.59 bits per heavy atom. The van der Waals surface area contributed by atoms with Gasteiger partial charge in [-0.25, -0.2) is 0 Å². The molecule has 7 aliphatic rings. The van der Waals surface area contributed by atoms with Gasteiger partial charge in [0, 0.05) is 60.0 Å². The first-order valence-corrected chi connectivity index (χ1v) is 35.7. The molecular formula is C89H94N6O2. The standard InChI is InChI=1S/C89H94N6O2/c1-83(2,3)64-37-60-39-66(47-74-75-48-67(89(15)26-27-89)40-61-38-65(84(4,5)6)46-73(80(61)75)72(45-64)79(60)74)88(13,14)49-68-21-20-57-34-54(33-56-17-16-30-95(68)81(56)57)18-22-69-41-58(62(50-90)51-91)42-71(96-69)24-25-87(11,12)78-44-59(63(52-92)53-93)43-70(97-78)23-19-55-35-76-82-77(36-55)86(9,10)29-32-94(82)31-28-85(76,7)8/h18-19,22-23,33-48,68H,16-17,20-21,24-32,49H2,1-15H3/b22-18+,23-19+. The van der Waals surface area contributed by atoms with E-state index in [1.165, 1.54) is 112 Å². The summed E-state index contributed by atoms with van der Waals surface area (Å²) >= 11 is 0. The van der Waals surface area contributed by atoms with Gasteiger partial charge in [-0.1, -0.05) is 140 Å². The molecule has 1 fully saturated rings. The predicted octanol–water partition coefficient (Wildman–Crippen LogP) is 21.8. The third-order valence-corrected chi connectivity index (χ3v) is 23.4. The van der Waals surface area contributed by atoms with Crippen molar-refractivity contribution in [1.29, 1.82) is 21.0 Å². The lowest BCUT2D eigenvalue weighted by molar-refractivity contribution is 0.191. The van der Waals surface area contributed by atoms with E-state index in [2.05, 4.69) is 223 Å². The Morgan fingerprint density at radius 1 is 0.526 bits per heavy atom. The fourth-order valence-corrected chi connectivity index (χ4v) is 16.7. The summed E-state index contributed by atoms with van der Waals surface area (Å²) in [6.45, 7) is 38.4. The maximum absolute atomic E-state index is 10.2.